The van der Waals surface area contributed by atoms with Crippen LogP contribution in [-0.4, -0.2) is 23.0 Å². The zero-order valence-electron chi connectivity index (χ0n) is 12.2. The average molecular weight is 308 g/mol. The molecule has 0 atom stereocenters. The van der Waals surface area contributed by atoms with Crippen LogP contribution < -0.4 is 16.2 Å². The number of anilines is 1. The molecule has 3 N–H and O–H groups in total. The highest BCUT2D eigenvalue weighted by atomic mass is 35.5. The minimum absolute atomic E-state index is 0.141. The first-order chi connectivity index (χ1) is 9.76. The fraction of sp³-hybridized carbons (Fsp3) is 0.333. The van der Waals surface area contributed by atoms with Crippen molar-refractivity contribution in [3.63, 3.8) is 0 Å². The van der Waals surface area contributed by atoms with Crippen molar-refractivity contribution < 1.29 is 4.79 Å². The monoisotopic (exact) mass is 307 g/mol. The first-order valence-corrected chi connectivity index (χ1v) is 7.00. The van der Waals surface area contributed by atoms with Crippen molar-refractivity contribution in [3.05, 3.63) is 39.8 Å². The third-order valence-electron chi connectivity index (χ3n) is 2.91. The largest absolute Gasteiger partial charge is 0.329 e. The molecule has 1 aromatic heterocycles. The lowest BCUT2D eigenvalue weighted by atomic mass is 10.1. The average Bonchev–Trinajstić information content (AvgIpc) is 2.38. The summed E-state index contributed by atoms with van der Waals surface area (Å²) >= 11 is 6.12. The Hall–Kier alpha value is -1.85. The number of rotatable bonds is 3. The SMILES string of the molecule is CC(C)(C)NCC(=O)Nc1cc2cc[nH]c(=O)c2cc1Cl. The summed E-state index contributed by atoms with van der Waals surface area (Å²) in [6, 6.07) is 5.01. The van der Waals surface area contributed by atoms with Crippen molar-refractivity contribution >= 4 is 34.0 Å². The van der Waals surface area contributed by atoms with Crippen molar-refractivity contribution in [1.82, 2.24) is 10.3 Å². The topological polar surface area (TPSA) is 74.0 Å². The highest BCUT2D eigenvalue weighted by molar-refractivity contribution is 6.34. The minimum atomic E-state index is -0.207. The number of pyridine rings is 1. The number of halogens is 1. The lowest BCUT2D eigenvalue weighted by Crippen LogP contribution is -2.41. The number of H-pyrrole nitrogens is 1. The van der Waals surface area contributed by atoms with E-state index in [1.54, 1.807) is 24.4 Å². The third-order valence-corrected chi connectivity index (χ3v) is 3.23. The molecule has 0 unspecified atom stereocenters. The normalized spacial score (nSPS) is 11.6. The van der Waals surface area contributed by atoms with Gasteiger partial charge in [-0.05, 0) is 44.4 Å². The molecule has 2 rings (SSSR count). The van der Waals surface area contributed by atoms with E-state index >= 15 is 0 Å². The van der Waals surface area contributed by atoms with Gasteiger partial charge in [0.05, 0.1) is 17.3 Å². The lowest BCUT2D eigenvalue weighted by Gasteiger charge is -2.20. The maximum atomic E-state index is 11.9. The number of carbonyl (C=O) groups is 1. The van der Waals surface area contributed by atoms with Crippen LogP contribution in [0, 0.1) is 0 Å². The summed E-state index contributed by atoms with van der Waals surface area (Å²) in [5.41, 5.74) is 0.148. The van der Waals surface area contributed by atoms with Crippen molar-refractivity contribution in [1.29, 1.82) is 0 Å². The molecule has 0 aliphatic rings. The van der Waals surface area contributed by atoms with Crippen molar-refractivity contribution in [2.24, 2.45) is 0 Å². The van der Waals surface area contributed by atoms with Gasteiger partial charge in [-0.15, -0.1) is 0 Å². The molecular formula is C15H18ClN3O2. The Bertz CT molecular complexity index is 732. The number of fused-ring (bicyclic) bond motifs is 1. The number of hydrogen-bond acceptors (Lipinski definition) is 3. The zero-order chi connectivity index (χ0) is 15.6. The van der Waals surface area contributed by atoms with E-state index in [-0.39, 0.29) is 23.6 Å². The van der Waals surface area contributed by atoms with Gasteiger partial charge >= 0.3 is 0 Å². The number of hydrogen-bond donors (Lipinski definition) is 3. The van der Waals surface area contributed by atoms with Crippen LogP contribution >= 0.6 is 11.6 Å². The van der Waals surface area contributed by atoms with Crippen LogP contribution in [0.3, 0.4) is 0 Å². The maximum Gasteiger partial charge on any atom is 0.255 e. The summed E-state index contributed by atoms with van der Waals surface area (Å²) in [4.78, 5) is 26.2. The first kappa shape index (κ1) is 15.5. The molecule has 1 heterocycles. The van der Waals surface area contributed by atoms with Crippen molar-refractivity contribution in [2.45, 2.75) is 26.3 Å². The molecule has 0 fully saturated rings. The fourth-order valence-electron chi connectivity index (χ4n) is 1.85. The smallest absolute Gasteiger partial charge is 0.255 e. The van der Waals surface area contributed by atoms with Gasteiger partial charge in [0.15, 0.2) is 0 Å². The summed E-state index contributed by atoms with van der Waals surface area (Å²) in [6.45, 7) is 6.13. The van der Waals surface area contributed by atoms with Crippen molar-refractivity contribution in [2.75, 3.05) is 11.9 Å². The van der Waals surface area contributed by atoms with E-state index in [1.807, 2.05) is 20.8 Å². The van der Waals surface area contributed by atoms with Gasteiger partial charge in [0.25, 0.3) is 5.56 Å². The van der Waals surface area contributed by atoms with E-state index < -0.39 is 0 Å². The van der Waals surface area contributed by atoms with E-state index in [0.717, 1.165) is 5.39 Å². The van der Waals surface area contributed by atoms with E-state index in [9.17, 15) is 9.59 Å². The minimum Gasteiger partial charge on any atom is -0.329 e. The lowest BCUT2D eigenvalue weighted by molar-refractivity contribution is -0.115. The second-order valence-electron chi connectivity index (χ2n) is 5.88. The van der Waals surface area contributed by atoms with Crippen LogP contribution in [0.15, 0.2) is 29.2 Å². The molecular weight excluding hydrogens is 290 g/mol. The number of nitrogens with one attached hydrogen (secondary N) is 3. The van der Waals surface area contributed by atoms with Gasteiger partial charge in [-0.1, -0.05) is 11.6 Å². The van der Waals surface area contributed by atoms with E-state index in [4.69, 9.17) is 11.6 Å². The Balaban J connectivity index is 2.21. The summed E-state index contributed by atoms with van der Waals surface area (Å²) in [5, 5.41) is 7.40. The zero-order valence-corrected chi connectivity index (χ0v) is 13.0. The summed E-state index contributed by atoms with van der Waals surface area (Å²) in [6.07, 6.45) is 1.56. The van der Waals surface area contributed by atoms with E-state index in [0.29, 0.717) is 16.1 Å². The maximum absolute atomic E-state index is 11.9. The highest BCUT2D eigenvalue weighted by Crippen LogP contribution is 2.26. The van der Waals surface area contributed by atoms with Gasteiger partial charge in [-0.3, -0.25) is 9.59 Å². The second kappa shape index (κ2) is 5.87. The van der Waals surface area contributed by atoms with Crippen LogP contribution in [0.5, 0.6) is 0 Å². The standard InChI is InChI=1S/C15H18ClN3O2/c1-15(2,3)18-8-13(20)19-12-6-9-4-5-17-14(21)10(9)7-11(12)16/h4-7,18H,8H2,1-3H3,(H,17,21)(H,19,20). The van der Waals surface area contributed by atoms with Crippen molar-refractivity contribution in [3.8, 4) is 0 Å². The third kappa shape index (κ3) is 4.06. The Morgan fingerprint density at radius 3 is 2.71 bits per heavy atom. The van der Waals surface area contributed by atoms with Crippen LogP contribution in [0.4, 0.5) is 5.69 Å². The Morgan fingerprint density at radius 2 is 2.05 bits per heavy atom. The predicted octanol–water partition coefficient (Wildman–Crippen LogP) is 2.51. The second-order valence-corrected chi connectivity index (χ2v) is 6.29. The van der Waals surface area contributed by atoms with Gasteiger partial charge in [0, 0.05) is 17.1 Å². The molecule has 6 heteroatoms. The molecule has 0 saturated heterocycles. The molecule has 0 radical (unpaired) electrons. The van der Waals surface area contributed by atoms with E-state index in [1.165, 1.54) is 0 Å². The first-order valence-electron chi connectivity index (χ1n) is 6.62. The van der Waals surface area contributed by atoms with E-state index in [2.05, 4.69) is 15.6 Å². The van der Waals surface area contributed by atoms with Gasteiger partial charge in [0.2, 0.25) is 5.91 Å². The summed E-state index contributed by atoms with van der Waals surface area (Å²) in [5.74, 6) is -0.184. The number of carbonyl (C=O) groups excluding carboxylic acids is 1. The molecule has 2 aromatic rings. The molecule has 1 aromatic carbocycles. The molecule has 0 bridgehead atoms. The molecule has 0 aliphatic carbocycles. The quantitative estimate of drug-likeness (QED) is 0.815. The number of aromatic amines is 1. The predicted molar refractivity (Wildman–Crippen MR) is 86.0 cm³/mol. The Kier molecular flexibility index (Phi) is 4.34. The summed E-state index contributed by atoms with van der Waals surface area (Å²) in [7, 11) is 0. The van der Waals surface area contributed by atoms with Crippen LogP contribution in [0.2, 0.25) is 5.02 Å². The van der Waals surface area contributed by atoms with Crippen LogP contribution in [0.25, 0.3) is 10.8 Å². The van der Waals surface area contributed by atoms with Crippen LogP contribution in [0.1, 0.15) is 20.8 Å². The highest BCUT2D eigenvalue weighted by Gasteiger charge is 2.13. The Labute approximate surface area is 127 Å². The molecule has 21 heavy (non-hydrogen) atoms. The molecule has 5 nitrogen and oxygen atoms in total. The molecule has 112 valence electrons. The molecule has 0 aliphatic heterocycles. The van der Waals surface area contributed by atoms with Gasteiger partial charge in [-0.2, -0.15) is 0 Å². The number of amides is 1. The van der Waals surface area contributed by atoms with Gasteiger partial charge in [0.1, 0.15) is 0 Å². The summed E-state index contributed by atoms with van der Waals surface area (Å²) < 4.78 is 0. The molecule has 0 spiro atoms. The van der Waals surface area contributed by atoms with Crippen LogP contribution in [-0.2, 0) is 4.79 Å². The number of aromatic nitrogens is 1. The van der Waals surface area contributed by atoms with Gasteiger partial charge < -0.3 is 15.6 Å². The molecule has 0 saturated carbocycles. The van der Waals surface area contributed by atoms with Gasteiger partial charge in [-0.25, -0.2) is 0 Å². The fourth-order valence-corrected chi connectivity index (χ4v) is 2.06. The number of benzene rings is 1. The molecule has 1 amide bonds. The Morgan fingerprint density at radius 1 is 1.33 bits per heavy atom.